The van der Waals surface area contributed by atoms with Crippen molar-refractivity contribution >= 4 is 44.1 Å². The van der Waals surface area contributed by atoms with Gasteiger partial charge in [-0.25, -0.2) is 0 Å². The van der Waals surface area contributed by atoms with Crippen molar-refractivity contribution in [3.05, 3.63) is 17.0 Å². The van der Waals surface area contributed by atoms with Gasteiger partial charge in [-0.1, -0.05) is 15.9 Å². The van der Waals surface area contributed by atoms with Crippen LogP contribution >= 0.6 is 27.3 Å². The number of thiophene rings is 1. The van der Waals surface area contributed by atoms with Gasteiger partial charge in [-0.3, -0.25) is 9.59 Å². The van der Waals surface area contributed by atoms with E-state index in [-0.39, 0.29) is 11.2 Å². The minimum absolute atomic E-state index is 0.198. The van der Waals surface area contributed by atoms with Gasteiger partial charge in [0.25, 0.3) is 5.91 Å². The van der Waals surface area contributed by atoms with Crippen molar-refractivity contribution in [1.29, 1.82) is 0 Å². The third-order valence-electron chi connectivity index (χ3n) is 1.31. The molecule has 0 aliphatic heterocycles. The second-order valence-corrected chi connectivity index (χ2v) is 3.69. The van der Waals surface area contributed by atoms with Crippen molar-refractivity contribution in [3.63, 3.8) is 0 Å². The summed E-state index contributed by atoms with van der Waals surface area (Å²) in [7, 11) is 0. The van der Waals surface area contributed by atoms with Crippen molar-refractivity contribution in [2.75, 3.05) is 10.6 Å². The predicted octanol–water partition coefficient (Wildman–Crippen LogP) is 1.18. The first kappa shape index (κ1) is 10.2. The Labute approximate surface area is 87.2 Å². The van der Waals surface area contributed by atoms with E-state index in [4.69, 9.17) is 5.73 Å². The van der Waals surface area contributed by atoms with Crippen molar-refractivity contribution in [3.8, 4) is 0 Å². The monoisotopic (exact) mass is 262 g/mol. The first-order valence-corrected chi connectivity index (χ1v) is 5.38. The smallest absolute Gasteiger partial charge is 0.251 e. The number of carbonyl (C=O) groups excluding carboxylic acids is 2. The molecule has 2 amide bonds. The molecule has 1 rings (SSSR count). The highest BCUT2D eigenvalue weighted by Crippen LogP contribution is 2.22. The highest BCUT2D eigenvalue weighted by atomic mass is 79.9. The predicted molar refractivity (Wildman–Crippen MR) is 55.3 cm³/mol. The molecule has 6 heteroatoms. The number of nitrogens with one attached hydrogen (secondary N) is 1. The molecule has 0 saturated carbocycles. The lowest BCUT2D eigenvalue weighted by Crippen LogP contribution is -2.16. The first-order valence-electron chi connectivity index (χ1n) is 3.38. The number of hydrogen-bond acceptors (Lipinski definition) is 3. The quantitative estimate of drug-likeness (QED) is 0.804. The largest absolute Gasteiger partial charge is 0.366 e. The molecule has 4 nitrogen and oxygen atoms in total. The molecule has 70 valence electrons. The van der Waals surface area contributed by atoms with E-state index in [1.807, 2.05) is 0 Å². The highest BCUT2D eigenvalue weighted by Gasteiger charge is 2.11. The summed E-state index contributed by atoms with van der Waals surface area (Å²) < 4.78 is 0. The number of nitrogens with two attached hydrogens (primary N) is 1. The van der Waals surface area contributed by atoms with Gasteiger partial charge in [-0.2, -0.15) is 0 Å². The van der Waals surface area contributed by atoms with Crippen LogP contribution in [0.4, 0.5) is 5.00 Å². The highest BCUT2D eigenvalue weighted by molar-refractivity contribution is 9.09. The Hall–Kier alpha value is -0.880. The standard InChI is InChI=1S/C7H7BrN2O2S/c8-3-5(11)10-7-4(6(9)12)1-2-13-7/h1-2H,3H2,(H2,9,12)(H,10,11). The summed E-state index contributed by atoms with van der Waals surface area (Å²) in [6.45, 7) is 0. The van der Waals surface area contributed by atoms with Crippen molar-refractivity contribution < 1.29 is 9.59 Å². The van der Waals surface area contributed by atoms with Gasteiger partial charge in [0.05, 0.1) is 10.9 Å². The topological polar surface area (TPSA) is 72.2 Å². The second kappa shape index (κ2) is 4.38. The molecule has 0 aromatic carbocycles. The number of amides is 2. The van der Waals surface area contributed by atoms with E-state index in [9.17, 15) is 9.59 Å². The Balaban J connectivity index is 2.82. The minimum atomic E-state index is -0.536. The fraction of sp³-hybridized carbons (Fsp3) is 0.143. The molecule has 1 aromatic heterocycles. The molecule has 0 atom stereocenters. The maximum absolute atomic E-state index is 11.0. The third-order valence-corrected chi connectivity index (χ3v) is 2.64. The molecule has 1 aromatic rings. The zero-order valence-electron chi connectivity index (χ0n) is 6.54. The number of anilines is 1. The summed E-state index contributed by atoms with van der Waals surface area (Å²) in [6, 6.07) is 1.58. The lowest BCUT2D eigenvalue weighted by Gasteiger charge is -2.00. The summed E-state index contributed by atoms with van der Waals surface area (Å²) in [5, 5.41) is 4.95. The molecular weight excluding hydrogens is 256 g/mol. The maximum Gasteiger partial charge on any atom is 0.251 e. The molecule has 3 N–H and O–H groups in total. The molecule has 0 radical (unpaired) electrons. The van der Waals surface area contributed by atoms with Crippen LogP contribution < -0.4 is 11.1 Å². The fourth-order valence-corrected chi connectivity index (χ4v) is 1.71. The van der Waals surface area contributed by atoms with Crippen molar-refractivity contribution in [2.45, 2.75) is 0 Å². The molecule has 0 spiro atoms. The van der Waals surface area contributed by atoms with Gasteiger partial charge >= 0.3 is 0 Å². The summed E-state index contributed by atoms with van der Waals surface area (Å²) in [6.07, 6.45) is 0. The average Bonchev–Trinajstić information content (AvgIpc) is 2.52. The normalized spacial score (nSPS) is 9.62. The Bertz CT molecular complexity index is 337. The average molecular weight is 263 g/mol. The van der Waals surface area contributed by atoms with Crippen LogP contribution in [0.5, 0.6) is 0 Å². The van der Waals surface area contributed by atoms with Crippen LogP contribution in [0.3, 0.4) is 0 Å². The van der Waals surface area contributed by atoms with Crippen LogP contribution in [0.15, 0.2) is 11.4 Å². The van der Waals surface area contributed by atoms with E-state index in [2.05, 4.69) is 21.2 Å². The van der Waals surface area contributed by atoms with Crippen LogP contribution in [-0.2, 0) is 4.79 Å². The zero-order valence-corrected chi connectivity index (χ0v) is 8.94. The van der Waals surface area contributed by atoms with Crippen LogP contribution in [0.2, 0.25) is 0 Å². The Morgan fingerprint density at radius 2 is 2.31 bits per heavy atom. The Morgan fingerprint density at radius 3 is 2.85 bits per heavy atom. The molecule has 0 saturated heterocycles. The number of alkyl halides is 1. The number of hydrogen-bond donors (Lipinski definition) is 2. The molecular formula is C7H7BrN2O2S. The summed E-state index contributed by atoms with van der Waals surface area (Å²) in [4.78, 5) is 21.8. The number of halogens is 1. The van der Waals surface area contributed by atoms with E-state index in [1.165, 1.54) is 11.3 Å². The van der Waals surface area contributed by atoms with E-state index >= 15 is 0 Å². The molecule has 0 bridgehead atoms. The zero-order chi connectivity index (χ0) is 9.84. The minimum Gasteiger partial charge on any atom is -0.366 e. The number of primary amides is 1. The lowest BCUT2D eigenvalue weighted by molar-refractivity contribution is -0.113. The van der Waals surface area contributed by atoms with Crippen LogP contribution in [0, 0.1) is 0 Å². The lowest BCUT2D eigenvalue weighted by atomic mass is 10.3. The van der Waals surface area contributed by atoms with Gasteiger partial charge in [-0.05, 0) is 11.4 Å². The molecule has 0 aliphatic carbocycles. The van der Waals surface area contributed by atoms with Crippen LogP contribution in [0.25, 0.3) is 0 Å². The summed E-state index contributed by atoms with van der Waals surface area (Å²) in [5.74, 6) is -0.740. The third kappa shape index (κ3) is 2.53. The van der Waals surface area contributed by atoms with E-state index in [0.717, 1.165) is 0 Å². The summed E-state index contributed by atoms with van der Waals surface area (Å²) >= 11 is 4.27. The van der Waals surface area contributed by atoms with Gasteiger partial charge in [0.2, 0.25) is 5.91 Å². The molecule has 1 heterocycles. The van der Waals surface area contributed by atoms with E-state index in [0.29, 0.717) is 10.6 Å². The molecule has 13 heavy (non-hydrogen) atoms. The van der Waals surface area contributed by atoms with Crippen molar-refractivity contribution in [1.82, 2.24) is 0 Å². The number of rotatable bonds is 3. The van der Waals surface area contributed by atoms with E-state index < -0.39 is 5.91 Å². The van der Waals surface area contributed by atoms with Crippen LogP contribution in [-0.4, -0.2) is 17.1 Å². The molecule has 0 unspecified atom stereocenters. The van der Waals surface area contributed by atoms with Gasteiger partial charge in [0, 0.05) is 0 Å². The number of carbonyl (C=O) groups is 2. The van der Waals surface area contributed by atoms with Gasteiger partial charge in [0.1, 0.15) is 5.00 Å². The Morgan fingerprint density at radius 1 is 1.62 bits per heavy atom. The maximum atomic E-state index is 11.0. The van der Waals surface area contributed by atoms with Gasteiger partial charge in [0.15, 0.2) is 0 Å². The van der Waals surface area contributed by atoms with Gasteiger partial charge < -0.3 is 11.1 Å². The van der Waals surface area contributed by atoms with Gasteiger partial charge in [-0.15, -0.1) is 11.3 Å². The van der Waals surface area contributed by atoms with Crippen molar-refractivity contribution in [2.24, 2.45) is 5.73 Å². The Kier molecular flexibility index (Phi) is 3.44. The fourth-order valence-electron chi connectivity index (χ4n) is 0.760. The first-order chi connectivity index (χ1) is 6.15. The second-order valence-electron chi connectivity index (χ2n) is 2.21. The molecule has 0 aliphatic rings. The summed E-state index contributed by atoms with van der Waals surface area (Å²) in [5.41, 5.74) is 5.43. The SMILES string of the molecule is NC(=O)c1ccsc1NC(=O)CBr. The van der Waals surface area contributed by atoms with E-state index in [1.54, 1.807) is 11.4 Å². The van der Waals surface area contributed by atoms with Crippen LogP contribution in [0.1, 0.15) is 10.4 Å². The molecule has 0 fully saturated rings.